The molecule has 2 nitrogen and oxygen atoms in total. The first-order chi connectivity index (χ1) is 8.82. The molecule has 0 spiro atoms. The molecular formula is C12H6F5NO. The Morgan fingerprint density at radius 2 is 1.37 bits per heavy atom. The van der Waals surface area contributed by atoms with Crippen LogP contribution in [0, 0.1) is 29.1 Å². The van der Waals surface area contributed by atoms with Gasteiger partial charge in [-0.05, 0) is 12.1 Å². The number of rotatable bonds is 1. The van der Waals surface area contributed by atoms with Crippen molar-refractivity contribution in [1.82, 2.24) is 0 Å². The van der Waals surface area contributed by atoms with Gasteiger partial charge in [-0.1, -0.05) is 0 Å². The largest absolute Gasteiger partial charge is 0.506 e. The maximum absolute atomic E-state index is 13.5. The molecular weight excluding hydrogens is 269 g/mol. The molecule has 2 aromatic carbocycles. The average molecular weight is 275 g/mol. The second kappa shape index (κ2) is 4.42. The molecule has 0 unspecified atom stereocenters. The zero-order valence-corrected chi connectivity index (χ0v) is 9.15. The van der Waals surface area contributed by atoms with Crippen molar-refractivity contribution < 1.29 is 27.1 Å². The number of hydrogen-bond donors (Lipinski definition) is 2. The van der Waals surface area contributed by atoms with E-state index in [9.17, 15) is 22.0 Å². The fraction of sp³-hybridized carbons (Fsp3) is 0. The van der Waals surface area contributed by atoms with Crippen LogP contribution >= 0.6 is 0 Å². The highest BCUT2D eigenvalue weighted by atomic mass is 19.2. The normalized spacial score (nSPS) is 10.8. The van der Waals surface area contributed by atoms with Crippen LogP contribution in [0.15, 0.2) is 18.2 Å². The monoisotopic (exact) mass is 275 g/mol. The summed E-state index contributed by atoms with van der Waals surface area (Å²) in [5, 5.41) is 9.13. The van der Waals surface area contributed by atoms with Crippen molar-refractivity contribution in [3.63, 3.8) is 0 Å². The molecule has 0 aliphatic carbocycles. The molecule has 0 saturated heterocycles. The van der Waals surface area contributed by atoms with E-state index in [1.54, 1.807) is 0 Å². The molecule has 7 heteroatoms. The van der Waals surface area contributed by atoms with Crippen LogP contribution in [0.2, 0.25) is 0 Å². The quantitative estimate of drug-likeness (QED) is 0.276. The lowest BCUT2D eigenvalue weighted by atomic mass is 10.0. The number of phenolic OH excluding ortho intramolecular Hbond substituents is 1. The van der Waals surface area contributed by atoms with Gasteiger partial charge in [0.1, 0.15) is 11.6 Å². The Balaban J connectivity index is 2.76. The average Bonchev–Trinajstić information content (AvgIpc) is 2.36. The van der Waals surface area contributed by atoms with Gasteiger partial charge in [-0.25, -0.2) is 22.0 Å². The molecule has 0 fully saturated rings. The highest BCUT2D eigenvalue weighted by molar-refractivity contribution is 5.71. The molecule has 19 heavy (non-hydrogen) atoms. The van der Waals surface area contributed by atoms with E-state index in [1.165, 1.54) is 0 Å². The van der Waals surface area contributed by atoms with Gasteiger partial charge in [0.15, 0.2) is 23.3 Å². The maximum Gasteiger partial charge on any atom is 0.198 e. The number of aromatic hydroxyl groups is 1. The van der Waals surface area contributed by atoms with Crippen molar-refractivity contribution in [2.75, 3.05) is 5.73 Å². The minimum absolute atomic E-state index is 0.308. The third-order valence-corrected chi connectivity index (χ3v) is 2.51. The lowest BCUT2D eigenvalue weighted by Gasteiger charge is -2.09. The Kier molecular flexibility index (Phi) is 3.05. The molecule has 0 radical (unpaired) electrons. The summed E-state index contributed by atoms with van der Waals surface area (Å²) in [5.41, 5.74) is 3.54. The molecule has 0 saturated carbocycles. The standard InChI is InChI=1S/C12H6F5NO/c13-6-3-9(19)8(18)2-4(6)5-1-7(14)11(16)12(17)10(5)15/h1-3,19H,18H2. The van der Waals surface area contributed by atoms with Gasteiger partial charge in [0.2, 0.25) is 0 Å². The van der Waals surface area contributed by atoms with Gasteiger partial charge >= 0.3 is 0 Å². The van der Waals surface area contributed by atoms with Crippen LogP contribution in [0.25, 0.3) is 11.1 Å². The second-order valence-electron chi connectivity index (χ2n) is 3.74. The summed E-state index contributed by atoms with van der Waals surface area (Å²) in [7, 11) is 0. The van der Waals surface area contributed by atoms with Crippen LogP contribution < -0.4 is 5.73 Å². The highest BCUT2D eigenvalue weighted by Gasteiger charge is 2.22. The Labute approximate surface area is 103 Å². The first-order valence-electron chi connectivity index (χ1n) is 4.94. The minimum atomic E-state index is -2.05. The van der Waals surface area contributed by atoms with E-state index in [4.69, 9.17) is 10.8 Å². The molecule has 2 aromatic rings. The molecule has 0 bridgehead atoms. The van der Waals surface area contributed by atoms with Crippen LogP contribution in [-0.2, 0) is 0 Å². The summed E-state index contributed by atoms with van der Waals surface area (Å²) >= 11 is 0. The van der Waals surface area contributed by atoms with Gasteiger partial charge in [0.25, 0.3) is 0 Å². The Morgan fingerprint density at radius 1 is 0.737 bits per heavy atom. The topological polar surface area (TPSA) is 46.2 Å². The van der Waals surface area contributed by atoms with E-state index >= 15 is 0 Å². The predicted octanol–water partition coefficient (Wildman–Crippen LogP) is 3.34. The number of hydrogen-bond acceptors (Lipinski definition) is 2. The number of benzene rings is 2. The van der Waals surface area contributed by atoms with Gasteiger partial charge in [-0.15, -0.1) is 0 Å². The molecule has 0 atom stereocenters. The number of phenols is 1. The molecule has 2 rings (SSSR count). The predicted molar refractivity (Wildman–Crippen MR) is 57.7 cm³/mol. The van der Waals surface area contributed by atoms with Crippen LogP contribution in [0.5, 0.6) is 5.75 Å². The van der Waals surface area contributed by atoms with Crippen molar-refractivity contribution in [2.45, 2.75) is 0 Å². The van der Waals surface area contributed by atoms with Gasteiger partial charge in [-0.3, -0.25) is 0 Å². The lowest BCUT2D eigenvalue weighted by Crippen LogP contribution is -2.00. The number of nitrogens with two attached hydrogens (primary N) is 1. The number of anilines is 1. The Hall–Kier alpha value is -2.31. The van der Waals surface area contributed by atoms with Crippen molar-refractivity contribution in [1.29, 1.82) is 0 Å². The zero-order valence-electron chi connectivity index (χ0n) is 9.15. The van der Waals surface area contributed by atoms with Gasteiger partial charge in [0.05, 0.1) is 5.69 Å². The summed E-state index contributed by atoms with van der Waals surface area (Å²) in [4.78, 5) is 0. The van der Waals surface area contributed by atoms with Gasteiger partial charge in [-0.2, -0.15) is 0 Å². The molecule has 100 valence electrons. The lowest BCUT2D eigenvalue weighted by molar-refractivity contribution is 0.410. The summed E-state index contributed by atoms with van der Waals surface area (Å²) in [5.74, 6) is -9.22. The summed E-state index contributed by atoms with van der Waals surface area (Å²) in [6, 6.07) is 1.66. The first-order valence-corrected chi connectivity index (χ1v) is 4.94. The molecule has 0 aliphatic rings. The first kappa shape index (κ1) is 13.1. The maximum atomic E-state index is 13.5. The fourth-order valence-electron chi connectivity index (χ4n) is 1.55. The Morgan fingerprint density at radius 3 is 2.00 bits per heavy atom. The summed E-state index contributed by atoms with van der Waals surface area (Å²) in [6.07, 6.45) is 0. The smallest absolute Gasteiger partial charge is 0.198 e. The van der Waals surface area contributed by atoms with Crippen LogP contribution in [0.4, 0.5) is 27.6 Å². The van der Waals surface area contributed by atoms with E-state index in [-0.39, 0.29) is 5.69 Å². The van der Waals surface area contributed by atoms with E-state index < -0.39 is 46.0 Å². The van der Waals surface area contributed by atoms with Crippen molar-refractivity contribution >= 4 is 5.69 Å². The molecule has 0 aromatic heterocycles. The molecule has 0 amide bonds. The third kappa shape index (κ3) is 2.07. The fourth-order valence-corrected chi connectivity index (χ4v) is 1.55. The van der Waals surface area contributed by atoms with Gasteiger partial charge in [0, 0.05) is 17.2 Å². The molecule has 0 aliphatic heterocycles. The van der Waals surface area contributed by atoms with Crippen molar-refractivity contribution in [2.24, 2.45) is 0 Å². The van der Waals surface area contributed by atoms with Crippen LogP contribution in [-0.4, -0.2) is 5.11 Å². The molecule has 0 heterocycles. The SMILES string of the molecule is Nc1cc(-c2cc(F)c(F)c(F)c2F)c(F)cc1O. The van der Waals surface area contributed by atoms with Crippen LogP contribution in [0.1, 0.15) is 0 Å². The third-order valence-electron chi connectivity index (χ3n) is 2.51. The Bertz CT molecular complexity index is 672. The number of halogens is 5. The summed E-state index contributed by atoms with van der Waals surface area (Å²) in [6.45, 7) is 0. The van der Waals surface area contributed by atoms with Crippen LogP contribution in [0.3, 0.4) is 0 Å². The van der Waals surface area contributed by atoms with E-state index in [0.29, 0.717) is 12.1 Å². The number of nitrogen functional groups attached to an aromatic ring is 1. The van der Waals surface area contributed by atoms with Crippen molar-refractivity contribution in [3.8, 4) is 16.9 Å². The molecule has 3 N–H and O–H groups in total. The minimum Gasteiger partial charge on any atom is -0.506 e. The van der Waals surface area contributed by atoms with Crippen molar-refractivity contribution in [3.05, 3.63) is 47.3 Å². The zero-order chi connectivity index (χ0) is 14.3. The van der Waals surface area contributed by atoms with E-state index in [0.717, 1.165) is 6.07 Å². The van der Waals surface area contributed by atoms with E-state index in [2.05, 4.69) is 0 Å². The highest BCUT2D eigenvalue weighted by Crippen LogP contribution is 2.34. The van der Waals surface area contributed by atoms with Gasteiger partial charge < -0.3 is 10.8 Å². The second-order valence-corrected chi connectivity index (χ2v) is 3.74. The van der Waals surface area contributed by atoms with E-state index in [1.807, 2.05) is 0 Å². The summed E-state index contributed by atoms with van der Waals surface area (Å²) < 4.78 is 65.9.